The number of Topliss-reactive ketones (excluding diaryl/α,β-unsaturated/α-hetero) is 1. The first-order chi connectivity index (χ1) is 10.1. The molecule has 0 N–H and O–H groups in total. The maximum absolute atomic E-state index is 12.5. The standard InChI is InChI=1S/C18H14BrNO/c1-12-15(6-4-7-16(12)19)18(21)11-14-10-9-13-5-2-3-8-17(13)20-14/h2-10H,11H2,1H3. The highest BCUT2D eigenvalue weighted by Crippen LogP contribution is 2.21. The number of ketones is 1. The Morgan fingerprint density at radius 1 is 1.05 bits per heavy atom. The number of fused-ring (bicyclic) bond motifs is 1. The van der Waals surface area contributed by atoms with Crippen molar-refractivity contribution >= 4 is 32.6 Å². The molecule has 0 aliphatic heterocycles. The SMILES string of the molecule is Cc1c(Br)cccc1C(=O)Cc1ccc2ccccc2n1. The van der Waals surface area contributed by atoms with Crippen molar-refractivity contribution in [2.45, 2.75) is 13.3 Å². The molecule has 0 fully saturated rings. The molecule has 0 bridgehead atoms. The van der Waals surface area contributed by atoms with E-state index in [1.165, 1.54) is 0 Å². The van der Waals surface area contributed by atoms with Gasteiger partial charge >= 0.3 is 0 Å². The van der Waals surface area contributed by atoms with Crippen LogP contribution in [-0.2, 0) is 6.42 Å². The molecular weight excluding hydrogens is 326 g/mol. The van der Waals surface area contributed by atoms with Crippen LogP contribution >= 0.6 is 15.9 Å². The number of aromatic nitrogens is 1. The second-order valence-electron chi connectivity index (χ2n) is 5.01. The van der Waals surface area contributed by atoms with E-state index in [2.05, 4.69) is 20.9 Å². The van der Waals surface area contributed by atoms with Crippen LogP contribution in [0.4, 0.5) is 0 Å². The van der Waals surface area contributed by atoms with Crippen LogP contribution in [0.5, 0.6) is 0 Å². The Bertz CT molecular complexity index is 826. The molecule has 2 nitrogen and oxygen atoms in total. The normalized spacial score (nSPS) is 10.8. The Morgan fingerprint density at radius 2 is 1.86 bits per heavy atom. The van der Waals surface area contributed by atoms with Gasteiger partial charge in [0, 0.05) is 21.1 Å². The number of benzene rings is 2. The Kier molecular flexibility index (Phi) is 3.84. The average molecular weight is 340 g/mol. The van der Waals surface area contributed by atoms with Gasteiger partial charge in [0.15, 0.2) is 5.78 Å². The van der Waals surface area contributed by atoms with E-state index < -0.39 is 0 Å². The lowest BCUT2D eigenvalue weighted by atomic mass is 10.0. The summed E-state index contributed by atoms with van der Waals surface area (Å²) in [6.07, 6.45) is 0.322. The largest absolute Gasteiger partial charge is 0.294 e. The summed E-state index contributed by atoms with van der Waals surface area (Å²) in [5.41, 5.74) is 3.45. The van der Waals surface area contributed by atoms with E-state index in [9.17, 15) is 4.79 Å². The third kappa shape index (κ3) is 2.88. The molecule has 0 atom stereocenters. The van der Waals surface area contributed by atoms with Gasteiger partial charge in [0.1, 0.15) is 0 Å². The van der Waals surface area contributed by atoms with Crippen LogP contribution in [-0.4, -0.2) is 10.8 Å². The molecule has 0 saturated carbocycles. The molecule has 0 amide bonds. The van der Waals surface area contributed by atoms with Crippen molar-refractivity contribution in [1.82, 2.24) is 4.98 Å². The molecule has 0 saturated heterocycles. The van der Waals surface area contributed by atoms with E-state index in [1.807, 2.05) is 61.5 Å². The fraction of sp³-hybridized carbons (Fsp3) is 0.111. The van der Waals surface area contributed by atoms with Crippen molar-refractivity contribution in [3.05, 3.63) is 75.9 Å². The highest BCUT2D eigenvalue weighted by molar-refractivity contribution is 9.10. The molecule has 1 aromatic heterocycles. The van der Waals surface area contributed by atoms with Gasteiger partial charge in [-0.2, -0.15) is 0 Å². The van der Waals surface area contributed by atoms with Crippen LogP contribution in [0.2, 0.25) is 0 Å². The second-order valence-corrected chi connectivity index (χ2v) is 5.86. The molecule has 0 aliphatic carbocycles. The maximum atomic E-state index is 12.5. The van der Waals surface area contributed by atoms with Crippen molar-refractivity contribution in [2.75, 3.05) is 0 Å². The van der Waals surface area contributed by atoms with Crippen molar-refractivity contribution < 1.29 is 4.79 Å². The average Bonchev–Trinajstić information content (AvgIpc) is 2.50. The van der Waals surface area contributed by atoms with E-state index in [0.29, 0.717) is 6.42 Å². The van der Waals surface area contributed by atoms with Crippen LogP contribution in [0, 0.1) is 6.92 Å². The lowest BCUT2D eigenvalue weighted by Crippen LogP contribution is -2.07. The third-order valence-electron chi connectivity index (χ3n) is 3.57. The second kappa shape index (κ2) is 5.78. The monoisotopic (exact) mass is 339 g/mol. The van der Waals surface area contributed by atoms with Crippen molar-refractivity contribution in [2.24, 2.45) is 0 Å². The number of hydrogen-bond donors (Lipinski definition) is 0. The summed E-state index contributed by atoms with van der Waals surface area (Å²) in [6.45, 7) is 1.95. The molecule has 0 aliphatic rings. The van der Waals surface area contributed by atoms with Gasteiger partial charge in [-0.15, -0.1) is 0 Å². The fourth-order valence-corrected chi connectivity index (χ4v) is 2.74. The van der Waals surface area contributed by atoms with E-state index in [-0.39, 0.29) is 5.78 Å². The first-order valence-corrected chi connectivity index (χ1v) is 7.57. The number of carbonyl (C=O) groups is 1. The molecule has 1 heterocycles. The van der Waals surface area contributed by atoms with Crippen molar-refractivity contribution in [3.63, 3.8) is 0 Å². The Hall–Kier alpha value is -2.00. The number of carbonyl (C=O) groups excluding carboxylic acids is 1. The zero-order chi connectivity index (χ0) is 14.8. The zero-order valence-corrected chi connectivity index (χ0v) is 13.2. The number of hydrogen-bond acceptors (Lipinski definition) is 2. The Morgan fingerprint density at radius 3 is 2.71 bits per heavy atom. The summed E-state index contributed by atoms with van der Waals surface area (Å²) in [4.78, 5) is 17.0. The molecule has 21 heavy (non-hydrogen) atoms. The van der Waals surface area contributed by atoms with E-state index in [4.69, 9.17) is 0 Å². The van der Waals surface area contributed by atoms with Crippen LogP contribution in [0.1, 0.15) is 21.6 Å². The molecule has 0 radical (unpaired) electrons. The molecule has 104 valence electrons. The van der Waals surface area contributed by atoms with Gasteiger partial charge in [-0.25, -0.2) is 0 Å². The lowest BCUT2D eigenvalue weighted by Gasteiger charge is -2.07. The lowest BCUT2D eigenvalue weighted by molar-refractivity contribution is 0.0991. The van der Waals surface area contributed by atoms with Crippen molar-refractivity contribution in [1.29, 1.82) is 0 Å². The molecular formula is C18H14BrNO. The van der Waals surface area contributed by atoms with Gasteiger partial charge in [0.2, 0.25) is 0 Å². The van der Waals surface area contributed by atoms with Gasteiger partial charge in [-0.3, -0.25) is 9.78 Å². The summed E-state index contributed by atoms with van der Waals surface area (Å²) >= 11 is 3.46. The zero-order valence-electron chi connectivity index (χ0n) is 11.6. The van der Waals surface area contributed by atoms with Crippen molar-refractivity contribution in [3.8, 4) is 0 Å². The Labute approximate surface area is 132 Å². The quantitative estimate of drug-likeness (QED) is 0.645. The first-order valence-electron chi connectivity index (χ1n) is 6.78. The number of nitrogens with zero attached hydrogens (tertiary/aromatic N) is 1. The minimum atomic E-state index is 0.0941. The minimum absolute atomic E-state index is 0.0941. The van der Waals surface area contributed by atoms with Gasteiger partial charge < -0.3 is 0 Å². The number of pyridine rings is 1. The molecule has 0 unspecified atom stereocenters. The molecule has 3 heteroatoms. The first kappa shape index (κ1) is 14.0. The summed E-state index contributed by atoms with van der Waals surface area (Å²) in [5.74, 6) is 0.0941. The summed E-state index contributed by atoms with van der Waals surface area (Å²) < 4.78 is 0.958. The van der Waals surface area contributed by atoms with E-state index in [0.717, 1.165) is 32.2 Å². The smallest absolute Gasteiger partial charge is 0.169 e. The topological polar surface area (TPSA) is 30.0 Å². The molecule has 2 aromatic carbocycles. The fourth-order valence-electron chi connectivity index (χ4n) is 2.38. The molecule has 3 aromatic rings. The van der Waals surface area contributed by atoms with Crippen LogP contribution in [0.3, 0.4) is 0 Å². The highest BCUT2D eigenvalue weighted by atomic mass is 79.9. The number of halogens is 1. The predicted molar refractivity (Wildman–Crippen MR) is 88.7 cm³/mol. The summed E-state index contributed by atoms with van der Waals surface area (Å²) in [6, 6.07) is 17.6. The van der Waals surface area contributed by atoms with E-state index in [1.54, 1.807) is 0 Å². The van der Waals surface area contributed by atoms with Gasteiger partial charge in [-0.1, -0.05) is 52.3 Å². The van der Waals surface area contributed by atoms with Crippen LogP contribution < -0.4 is 0 Å². The van der Waals surface area contributed by atoms with Crippen LogP contribution in [0.25, 0.3) is 10.9 Å². The third-order valence-corrected chi connectivity index (χ3v) is 4.42. The number of para-hydroxylation sites is 1. The Balaban J connectivity index is 1.91. The van der Waals surface area contributed by atoms with Gasteiger partial charge in [0.05, 0.1) is 11.9 Å². The highest BCUT2D eigenvalue weighted by Gasteiger charge is 2.12. The summed E-state index contributed by atoms with van der Waals surface area (Å²) in [5, 5.41) is 1.09. The predicted octanol–water partition coefficient (Wildman–Crippen LogP) is 4.73. The van der Waals surface area contributed by atoms with Gasteiger partial charge in [0.25, 0.3) is 0 Å². The molecule has 0 spiro atoms. The molecule has 3 rings (SSSR count). The maximum Gasteiger partial charge on any atom is 0.169 e. The number of rotatable bonds is 3. The summed E-state index contributed by atoms with van der Waals surface area (Å²) in [7, 11) is 0. The minimum Gasteiger partial charge on any atom is -0.294 e. The van der Waals surface area contributed by atoms with E-state index >= 15 is 0 Å². The van der Waals surface area contributed by atoms with Gasteiger partial charge in [-0.05, 0) is 30.7 Å². The van der Waals surface area contributed by atoms with Crippen LogP contribution in [0.15, 0.2) is 59.1 Å².